The average molecular weight is 298 g/mol. The molecular formula is C12H30CuN2O2. The SMILES string of the molecule is CCN(CC)C(C)O.CCN(CC)C(C)O.[Cu]. The molecule has 0 rings (SSSR count). The van der Waals surface area contributed by atoms with Gasteiger partial charge in [0.25, 0.3) is 0 Å². The second-order valence-electron chi connectivity index (χ2n) is 3.71. The minimum Gasteiger partial charge on any atom is -0.379 e. The van der Waals surface area contributed by atoms with Gasteiger partial charge in [0, 0.05) is 17.1 Å². The zero-order valence-electron chi connectivity index (χ0n) is 12.1. The molecule has 0 aliphatic heterocycles. The van der Waals surface area contributed by atoms with Gasteiger partial charge in [-0.05, 0) is 40.0 Å². The van der Waals surface area contributed by atoms with Gasteiger partial charge in [-0.1, -0.05) is 27.7 Å². The van der Waals surface area contributed by atoms with Crippen molar-refractivity contribution in [1.82, 2.24) is 9.80 Å². The van der Waals surface area contributed by atoms with E-state index in [1.807, 2.05) is 37.5 Å². The van der Waals surface area contributed by atoms with Crippen molar-refractivity contribution in [3.63, 3.8) is 0 Å². The second kappa shape index (κ2) is 14.4. The molecule has 4 nitrogen and oxygen atoms in total. The summed E-state index contributed by atoms with van der Waals surface area (Å²) in [4.78, 5) is 3.94. The van der Waals surface area contributed by atoms with Gasteiger partial charge in [-0.15, -0.1) is 0 Å². The summed E-state index contributed by atoms with van der Waals surface area (Å²) in [5.41, 5.74) is 0. The summed E-state index contributed by atoms with van der Waals surface area (Å²) in [6.45, 7) is 15.4. The summed E-state index contributed by atoms with van der Waals surface area (Å²) < 4.78 is 0. The van der Waals surface area contributed by atoms with Gasteiger partial charge in [-0.2, -0.15) is 0 Å². The Bertz CT molecular complexity index is 122. The molecule has 0 bridgehead atoms. The third-order valence-electron chi connectivity index (χ3n) is 2.68. The fourth-order valence-corrected chi connectivity index (χ4v) is 1.50. The first-order valence-corrected chi connectivity index (χ1v) is 6.28. The molecular weight excluding hydrogens is 268 g/mol. The zero-order valence-corrected chi connectivity index (χ0v) is 13.0. The van der Waals surface area contributed by atoms with Crippen LogP contribution in [0.2, 0.25) is 0 Å². The van der Waals surface area contributed by atoms with Gasteiger partial charge >= 0.3 is 0 Å². The van der Waals surface area contributed by atoms with Crippen LogP contribution in [0, 0.1) is 0 Å². The molecule has 0 aliphatic rings. The summed E-state index contributed by atoms with van der Waals surface area (Å²) in [6, 6.07) is 0. The van der Waals surface area contributed by atoms with Crippen LogP contribution in [0.4, 0.5) is 0 Å². The normalized spacial score (nSPS) is 13.8. The van der Waals surface area contributed by atoms with Gasteiger partial charge in [-0.25, -0.2) is 0 Å². The van der Waals surface area contributed by atoms with Crippen molar-refractivity contribution in [2.45, 2.75) is 54.0 Å². The minimum absolute atomic E-state index is 0. The van der Waals surface area contributed by atoms with Gasteiger partial charge in [0.1, 0.15) is 12.5 Å². The Balaban J connectivity index is -0.000000218. The maximum Gasteiger partial charge on any atom is 0.104 e. The molecule has 0 fully saturated rings. The summed E-state index contributed by atoms with van der Waals surface area (Å²) >= 11 is 0. The Morgan fingerprint density at radius 1 is 0.706 bits per heavy atom. The predicted molar refractivity (Wildman–Crippen MR) is 69.2 cm³/mol. The zero-order chi connectivity index (χ0) is 13.1. The van der Waals surface area contributed by atoms with E-state index < -0.39 is 0 Å². The number of nitrogens with zero attached hydrogens (tertiary/aromatic N) is 2. The first kappa shape index (κ1) is 22.5. The molecule has 0 aromatic carbocycles. The Morgan fingerprint density at radius 3 is 0.882 bits per heavy atom. The van der Waals surface area contributed by atoms with Crippen LogP contribution in [0.15, 0.2) is 0 Å². The van der Waals surface area contributed by atoms with Crippen molar-refractivity contribution in [3.8, 4) is 0 Å². The molecule has 0 heterocycles. The van der Waals surface area contributed by atoms with Crippen molar-refractivity contribution >= 4 is 0 Å². The van der Waals surface area contributed by atoms with E-state index in [-0.39, 0.29) is 29.5 Å². The second-order valence-corrected chi connectivity index (χ2v) is 3.71. The summed E-state index contributed by atoms with van der Waals surface area (Å²) in [5, 5.41) is 17.9. The molecule has 2 N–H and O–H groups in total. The third kappa shape index (κ3) is 12.6. The number of hydrogen-bond acceptors (Lipinski definition) is 4. The molecule has 0 spiro atoms. The molecule has 17 heavy (non-hydrogen) atoms. The molecule has 2 unspecified atom stereocenters. The van der Waals surface area contributed by atoms with E-state index in [0.29, 0.717) is 0 Å². The first-order valence-electron chi connectivity index (χ1n) is 6.28. The standard InChI is InChI=1S/2C6H15NO.Cu/c2*1-4-7(5-2)6(3)8;/h2*6,8H,4-5H2,1-3H3;. The van der Waals surface area contributed by atoms with Crippen LogP contribution >= 0.6 is 0 Å². The molecule has 0 saturated heterocycles. The maximum atomic E-state index is 8.94. The monoisotopic (exact) mass is 297 g/mol. The Morgan fingerprint density at radius 2 is 0.882 bits per heavy atom. The van der Waals surface area contributed by atoms with E-state index in [0.717, 1.165) is 26.2 Å². The topological polar surface area (TPSA) is 46.9 Å². The van der Waals surface area contributed by atoms with E-state index in [4.69, 9.17) is 10.2 Å². The van der Waals surface area contributed by atoms with Crippen molar-refractivity contribution in [2.24, 2.45) is 0 Å². The predicted octanol–water partition coefficient (Wildman–Crippen LogP) is 1.33. The van der Waals surface area contributed by atoms with Crippen LogP contribution in [-0.4, -0.2) is 58.6 Å². The Kier molecular flexibility index (Phi) is 19.1. The molecule has 0 aliphatic carbocycles. The van der Waals surface area contributed by atoms with E-state index in [9.17, 15) is 0 Å². The molecule has 0 saturated carbocycles. The molecule has 2 atom stereocenters. The fourth-order valence-electron chi connectivity index (χ4n) is 1.50. The largest absolute Gasteiger partial charge is 0.379 e. The van der Waals surface area contributed by atoms with Crippen LogP contribution in [0.5, 0.6) is 0 Å². The molecule has 0 amide bonds. The van der Waals surface area contributed by atoms with Gasteiger partial charge in [-0.3, -0.25) is 9.80 Å². The van der Waals surface area contributed by atoms with Gasteiger partial charge < -0.3 is 10.2 Å². The maximum absolute atomic E-state index is 8.94. The van der Waals surface area contributed by atoms with E-state index in [1.165, 1.54) is 0 Å². The number of hydrogen-bond donors (Lipinski definition) is 2. The van der Waals surface area contributed by atoms with Gasteiger partial charge in [0.05, 0.1) is 0 Å². The van der Waals surface area contributed by atoms with Crippen LogP contribution in [0.1, 0.15) is 41.5 Å². The number of aliphatic hydroxyl groups is 2. The minimum atomic E-state index is -0.287. The first-order chi connectivity index (χ1) is 7.44. The summed E-state index contributed by atoms with van der Waals surface area (Å²) in [6.07, 6.45) is -0.574. The van der Waals surface area contributed by atoms with E-state index in [2.05, 4.69) is 0 Å². The quantitative estimate of drug-likeness (QED) is 0.574. The Labute approximate surface area is 117 Å². The molecule has 111 valence electrons. The van der Waals surface area contributed by atoms with Crippen LogP contribution in [0.3, 0.4) is 0 Å². The molecule has 0 aromatic rings. The van der Waals surface area contributed by atoms with Crippen molar-refractivity contribution in [1.29, 1.82) is 0 Å². The van der Waals surface area contributed by atoms with Crippen LogP contribution in [-0.2, 0) is 17.1 Å². The van der Waals surface area contributed by atoms with E-state index in [1.54, 1.807) is 13.8 Å². The molecule has 0 aromatic heterocycles. The average Bonchev–Trinajstić information content (AvgIpc) is 2.21. The number of rotatable bonds is 6. The molecule has 5 heteroatoms. The van der Waals surface area contributed by atoms with Crippen LogP contribution in [0.25, 0.3) is 0 Å². The van der Waals surface area contributed by atoms with Gasteiger partial charge in [0.15, 0.2) is 0 Å². The molecule has 1 radical (unpaired) electrons. The van der Waals surface area contributed by atoms with E-state index >= 15 is 0 Å². The Hall–Kier alpha value is 0.359. The third-order valence-corrected chi connectivity index (χ3v) is 2.68. The van der Waals surface area contributed by atoms with Crippen molar-refractivity contribution < 1.29 is 27.3 Å². The van der Waals surface area contributed by atoms with Crippen molar-refractivity contribution in [2.75, 3.05) is 26.2 Å². The van der Waals surface area contributed by atoms with Gasteiger partial charge in [0.2, 0.25) is 0 Å². The summed E-state index contributed by atoms with van der Waals surface area (Å²) in [7, 11) is 0. The van der Waals surface area contributed by atoms with Crippen molar-refractivity contribution in [3.05, 3.63) is 0 Å². The summed E-state index contributed by atoms with van der Waals surface area (Å²) in [5.74, 6) is 0. The fraction of sp³-hybridized carbons (Fsp3) is 1.00. The number of aliphatic hydroxyl groups excluding tert-OH is 2. The van der Waals surface area contributed by atoms with Crippen LogP contribution < -0.4 is 0 Å². The smallest absolute Gasteiger partial charge is 0.104 e.